The Morgan fingerprint density at radius 3 is 2.20 bits per heavy atom. The minimum atomic E-state index is 0.0890. The Hall–Kier alpha value is -0.620. The van der Waals surface area contributed by atoms with Gasteiger partial charge in [-0.3, -0.25) is 0 Å². The van der Waals surface area contributed by atoms with Crippen LogP contribution in [-0.2, 0) is 3.42 Å². The second kappa shape index (κ2) is 6.02. The van der Waals surface area contributed by atoms with Crippen molar-refractivity contribution >= 4 is 50.8 Å². The van der Waals surface area contributed by atoms with Crippen molar-refractivity contribution < 1.29 is 0 Å². The first-order chi connectivity index (χ1) is 9.67. The standard InChI is InChI=1S/C18H14I2/c19-17-8-6-14(7-9-17)15-10-12-18(20,13-11-15)16-4-2-1-3-5-16/h1-12H,13H2/t18-/m1/s1. The molecule has 0 bridgehead atoms. The smallest absolute Gasteiger partial charge is 0.0687 e. The van der Waals surface area contributed by atoms with Crippen molar-refractivity contribution in [3.63, 3.8) is 0 Å². The quantitative estimate of drug-likeness (QED) is 0.365. The lowest BCUT2D eigenvalue weighted by molar-refractivity contribution is 0.821. The maximum Gasteiger partial charge on any atom is 0.0687 e. The summed E-state index contributed by atoms with van der Waals surface area (Å²) in [6, 6.07) is 19.4. The first kappa shape index (κ1) is 14.3. The third-order valence-corrected chi connectivity index (χ3v) is 5.72. The molecule has 2 aromatic rings. The molecular weight excluding hydrogens is 470 g/mol. The van der Waals surface area contributed by atoms with Gasteiger partial charge in [0.25, 0.3) is 0 Å². The summed E-state index contributed by atoms with van der Waals surface area (Å²) >= 11 is 4.90. The van der Waals surface area contributed by atoms with Crippen LogP contribution in [0.15, 0.2) is 72.8 Å². The molecule has 0 saturated carbocycles. The molecule has 0 spiro atoms. The Bertz CT molecular complexity index is 654. The molecule has 2 heteroatoms. The lowest BCUT2D eigenvalue weighted by atomic mass is 9.88. The van der Waals surface area contributed by atoms with Gasteiger partial charge in [0, 0.05) is 3.57 Å². The highest BCUT2D eigenvalue weighted by Crippen LogP contribution is 2.41. The third kappa shape index (κ3) is 3.01. The van der Waals surface area contributed by atoms with Gasteiger partial charge >= 0.3 is 0 Å². The van der Waals surface area contributed by atoms with Crippen molar-refractivity contribution in [1.29, 1.82) is 0 Å². The van der Waals surface area contributed by atoms with Gasteiger partial charge in [-0.25, -0.2) is 0 Å². The summed E-state index contributed by atoms with van der Waals surface area (Å²) in [5.74, 6) is 0. The van der Waals surface area contributed by atoms with E-state index in [0.717, 1.165) is 6.42 Å². The fourth-order valence-electron chi connectivity index (χ4n) is 2.40. The van der Waals surface area contributed by atoms with Crippen LogP contribution in [0.3, 0.4) is 0 Å². The van der Waals surface area contributed by atoms with Crippen molar-refractivity contribution in [2.24, 2.45) is 0 Å². The second-order valence-corrected chi connectivity index (χ2v) is 8.10. The van der Waals surface area contributed by atoms with Crippen molar-refractivity contribution in [2.45, 2.75) is 9.84 Å². The number of hydrogen-bond donors (Lipinski definition) is 0. The van der Waals surface area contributed by atoms with Gasteiger partial charge in [-0.05, 0) is 57.8 Å². The molecule has 0 radical (unpaired) electrons. The number of hydrogen-bond acceptors (Lipinski definition) is 0. The van der Waals surface area contributed by atoms with Gasteiger partial charge in [-0.15, -0.1) is 0 Å². The van der Waals surface area contributed by atoms with E-state index in [9.17, 15) is 0 Å². The summed E-state index contributed by atoms with van der Waals surface area (Å²) in [5.41, 5.74) is 3.99. The predicted molar refractivity (Wildman–Crippen MR) is 103 cm³/mol. The lowest BCUT2D eigenvalue weighted by Gasteiger charge is -2.26. The molecule has 0 nitrogen and oxygen atoms in total. The molecule has 20 heavy (non-hydrogen) atoms. The van der Waals surface area contributed by atoms with E-state index in [4.69, 9.17) is 0 Å². The van der Waals surface area contributed by atoms with Crippen LogP contribution < -0.4 is 0 Å². The molecule has 0 N–H and O–H groups in total. The summed E-state index contributed by atoms with van der Waals surface area (Å²) in [6.07, 6.45) is 7.97. The van der Waals surface area contributed by atoms with E-state index in [0.29, 0.717) is 0 Å². The highest BCUT2D eigenvalue weighted by Gasteiger charge is 2.26. The molecule has 0 heterocycles. The van der Waals surface area contributed by atoms with Crippen molar-refractivity contribution in [3.8, 4) is 0 Å². The topological polar surface area (TPSA) is 0 Å². The van der Waals surface area contributed by atoms with Crippen LogP contribution in [0.4, 0.5) is 0 Å². The SMILES string of the molecule is Ic1ccc(C2=CC[C@@](I)(c3ccccc3)C=C2)cc1. The van der Waals surface area contributed by atoms with Gasteiger partial charge in [-0.2, -0.15) is 0 Å². The number of allylic oxidation sites excluding steroid dienone is 4. The Morgan fingerprint density at radius 1 is 0.900 bits per heavy atom. The lowest BCUT2D eigenvalue weighted by Crippen LogP contribution is -2.15. The summed E-state index contributed by atoms with van der Waals surface area (Å²) in [7, 11) is 0. The summed E-state index contributed by atoms with van der Waals surface area (Å²) in [4.78, 5) is 0. The van der Waals surface area contributed by atoms with E-state index in [1.54, 1.807) is 0 Å². The minimum Gasteiger partial charge on any atom is -0.0747 e. The van der Waals surface area contributed by atoms with E-state index in [-0.39, 0.29) is 3.42 Å². The predicted octanol–water partition coefficient (Wildman–Crippen LogP) is 5.97. The molecule has 0 fully saturated rings. The largest absolute Gasteiger partial charge is 0.0747 e. The Balaban J connectivity index is 1.85. The van der Waals surface area contributed by atoms with Crippen LogP contribution in [0.5, 0.6) is 0 Å². The molecule has 2 aromatic carbocycles. The van der Waals surface area contributed by atoms with Crippen LogP contribution in [0.1, 0.15) is 17.5 Å². The molecule has 1 atom stereocenters. The van der Waals surface area contributed by atoms with Gasteiger partial charge in [-0.1, -0.05) is 83.3 Å². The first-order valence-corrected chi connectivity index (χ1v) is 8.73. The van der Waals surface area contributed by atoms with Gasteiger partial charge < -0.3 is 0 Å². The van der Waals surface area contributed by atoms with E-state index in [1.165, 1.54) is 20.3 Å². The summed E-state index contributed by atoms with van der Waals surface area (Å²) in [5, 5.41) is 0. The molecule has 100 valence electrons. The molecule has 1 aliphatic rings. The first-order valence-electron chi connectivity index (χ1n) is 6.57. The molecule has 0 amide bonds. The van der Waals surface area contributed by atoms with Crippen LogP contribution in [0.2, 0.25) is 0 Å². The number of alkyl halides is 1. The molecule has 3 rings (SSSR count). The summed E-state index contributed by atoms with van der Waals surface area (Å²) in [6.45, 7) is 0. The maximum absolute atomic E-state index is 2.56. The third-order valence-electron chi connectivity index (χ3n) is 3.58. The van der Waals surface area contributed by atoms with Gasteiger partial charge in [0.05, 0.1) is 3.42 Å². The minimum absolute atomic E-state index is 0.0890. The van der Waals surface area contributed by atoms with E-state index >= 15 is 0 Å². The van der Waals surface area contributed by atoms with Crippen LogP contribution in [0.25, 0.3) is 5.57 Å². The summed E-state index contributed by atoms with van der Waals surface area (Å²) < 4.78 is 1.37. The number of benzene rings is 2. The maximum atomic E-state index is 2.56. The average Bonchev–Trinajstić information content (AvgIpc) is 2.50. The second-order valence-electron chi connectivity index (χ2n) is 4.93. The Labute approximate surface area is 147 Å². The van der Waals surface area contributed by atoms with E-state index in [1.807, 2.05) is 0 Å². The van der Waals surface area contributed by atoms with E-state index in [2.05, 4.69) is 118 Å². The zero-order valence-corrected chi connectivity index (χ0v) is 15.2. The van der Waals surface area contributed by atoms with Crippen molar-refractivity contribution in [2.75, 3.05) is 0 Å². The highest BCUT2D eigenvalue weighted by atomic mass is 127. The molecule has 0 saturated heterocycles. The van der Waals surface area contributed by atoms with Crippen LogP contribution in [0, 0.1) is 3.57 Å². The van der Waals surface area contributed by atoms with Gasteiger partial charge in [0.2, 0.25) is 0 Å². The molecule has 0 aromatic heterocycles. The Kier molecular flexibility index (Phi) is 4.31. The highest BCUT2D eigenvalue weighted by molar-refractivity contribution is 14.1. The number of rotatable bonds is 2. The fraction of sp³-hybridized carbons (Fsp3) is 0.111. The van der Waals surface area contributed by atoms with Crippen LogP contribution in [-0.4, -0.2) is 0 Å². The number of halogens is 2. The average molecular weight is 484 g/mol. The van der Waals surface area contributed by atoms with Crippen molar-refractivity contribution in [3.05, 3.63) is 87.5 Å². The zero-order valence-electron chi connectivity index (χ0n) is 10.9. The van der Waals surface area contributed by atoms with Gasteiger partial charge in [0.1, 0.15) is 0 Å². The molecule has 1 aliphatic carbocycles. The fourth-order valence-corrected chi connectivity index (χ4v) is 3.52. The monoisotopic (exact) mass is 484 g/mol. The van der Waals surface area contributed by atoms with E-state index < -0.39 is 0 Å². The van der Waals surface area contributed by atoms with Crippen molar-refractivity contribution in [1.82, 2.24) is 0 Å². The van der Waals surface area contributed by atoms with Gasteiger partial charge in [0.15, 0.2) is 0 Å². The normalized spacial score (nSPS) is 21.6. The molecule has 0 unspecified atom stereocenters. The zero-order chi connectivity index (χ0) is 14.0. The molecular formula is C18H14I2. The molecule has 0 aliphatic heterocycles. The van der Waals surface area contributed by atoms with Crippen LogP contribution >= 0.6 is 45.2 Å². The Morgan fingerprint density at radius 2 is 1.60 bits per heavy atom.